The predicted molar refractivity (Wildman–Crippen MR) is 95.7 cm³/mol. The normalized spacial score (nSPS) is 10.8. The molecule has 2 aromatic carbocycles. The van der Waals surface area contributed by atoms with Crippen molar-refractivity contribution in [3.8, 4) is 5.75 Å². The van der Waals surface area contributed by atoms with E-state index in [0.717, 1.165) is 23.4 Å². The maximum atomic E-state index is 8.81. The SMILES string of the molecule is OCCCNCc1cc(Cl)ccc1OCc1ccc(Cl)cc1Cl. The highest BCUT2D eigenvalue weighted by atomic mass is 35.5. The van der Waals surface area contributed by atoms with Gasteiger partial charge < -0.3 is 15.2 Å². The van der Waals surface area contributed by atoms with Crippen molar-refractivity contribution in [1.29, 1.82) is 0 Å². The molecule has 6 heteroatoms. The molecule has 2 aromatic rings. The maximum Gasteiger partial charge on any atom is 0.124 e. The van der Waals surface area contributed by atoms with E-state index >= 15 is 0 Å². The van der Waals surface area contributed by atoms with Gasteiger partial charge in [-0.1, -0.05) is 40.9 Å². The van der Waals surface area contributed by atoms with Crippen LogP contribution in [0, 0.1) is 0 Å². The first-order chi connectivity index (χ1) is 11.1. The Morgan fingerprint density at radius 1 is 0.957 bits per heavy atom. The van der Waals surface area contributed by atoms with Gasteiger partial charge in [0, 0.05) is 39.3 Å². The second kappa shape index (κ2) is 9.36. The summed E-state index contributed by atoms with van der Waals surface area (Å²) in [4.78, 5) is 0. The minimum Gasteiger partial charge on any atom is -0.489 e. The maximum absolute atomic E-state index is 8.81. The molecule has 0 radical (unpaired) electrons. The lowest BCUT2D eigenvalue weighted by Gasteiger charge is -2.13. The van der Waals surface area contributed by atoms with Crippen LogP contribution >= 0.6 is 34.8 Å². The summed E-state index contributed by atoms with van der Waals surface area (Å²) >= 11 is 18.1. The lowest BCUT2D eigenvalue weighted by molar-refractivity contribution is 0.285. The van der Waals surface area contributed by atoms with Crippen LogP contribution < -0.4 is 10.1 Å². The van der Waals surface area contributed by atoms with E-state index in [4.69, 9.17) is 44.6 Å². The lowest BCUT2D eigenvalue weighted by Crippen LogP contribution is -2.16. The number of aliphatic hydroxyl groups is 1. The number of halogens is 3. The Kier molecular flexibility index (Phi) is 7.47. The highest BCUT2D eigenvalue weighted by Gasteiger charge is 2.07. The Balaban J connectivity index is 2.03. The quantitative estimate of drug-likeness (QED) is 0.658. The minimum absolute atomic E-state index is 0.168. The second-order valence-corrected chi connectivity index (χ2v) is 6.31. The molecule has 0 atom stereocenters. The molecule has 124 valence electrons. The van der Waals surface area contributed by atoms with Crippen molar-refractivity contribution in [2.24, 2.45) is 0 Å². The van der Waals surface area contributed by atoms with Crippen molar-refractivity contribution in [3.63, 3.8) is 0 Å². The summed E-state index contributed by atoms with van der Waals surface area (Å²) < 4.78 is 5.88. The molecule has 2 rings (SSSR count). The van der Waals surface area contributed by atoms with Gasteiger partial charge in [0.15, 0.2) is 0 Å². The Morgan fingerprint density at radius 2 is 1.70 bits per heavy atom. The molecule has 3 nitrogen and oxygen atoms in total. The van der Waals surface area contributed by atoms with E-state index in [-0.39, 0.29) is 6.61 Å². The van der Waals surface area contributed by atoms with Crippen LogP contribution in [0.5, 0.6) is 5.75 Å². The molecule has 0 spiro atoms. The summed E-state index contributed by atoms with van der Waals surface area (Å²) in [5.74, 6) is 0.747. The number of nitrogens with one attached hydrogen (secondary N) is 1. The van der Waals surface area contributed by atoms with E-state index in [9.17, 15) is 0 Å². The Labute approximate surface area is 151 Å². The fourth-order valence-corrected chi connectivity index (χ4v) is 2.71. The number of rotatable bonds is 8. The number of hydrogen-bond acceptors (Lipinski definition) is 3. The van der Waals surface area contributed by atoms with E-state index in [0.29, 0.717) is 34.6 Å². The predicted octanol–water partition coefficient (Wildman–Crippen LogP) is 4.70. The molecular weight excluding hydrogens is 357 g/mol. The molecule has 0 amide bonds. The molecule has 0 bridgehead atoms. The molecule has 0 aliphatic rings. The third-order valence-electron chi connectivity index (χ3n) is 3.25. The van der Waals surface area contributed by atoms with Crippen LogP contribution in [0.15, 0.2) is 36.4 Å². The van der Waals surface area contributed by atoms with Crippen molar-refractivity contribution in [2.45, 2.75) is 19.6 Å². The fourth-order valence-electron chi connectivity index (χ4n) is 2.05. The van der Waals surface area contributed by atoms with Crippen LogP contribution in [0.25, 0.3) is 0 Å². The Morgan fingerprint density at radius 3 is 2.43 bits per heavy atom. The molecule has 23 heavy (non-hydrogen) atoms. The summed E-state index contributed by atoms with van der Waals surface area (Å²) in [5, 5.41) is 13.9. The van der Waals surface area contributed by atoms with Crippen molar-refractivity contribution in [1.82, 2.24) is 5.32 Å². The molecule has 0 saturated heterocycles. The van der Waals surface area contributed by atoms with Crippen LogP contribution in [0.2, 0.25) is 15.1 Å². The van der Waals surface area contributed by atoms with Crippen molar-refractivity contribution in [2.75, 3.05) is 13.2 Å². The van der Waals surface area contributed by atoms with Gasteiger partial charge in [-0.25, -0.2) is 0 Å². The van der Waals surface area contributed by atoms with Crippen molar-refractivity contribution >= 4 is 34.8 Å². The van der Waals surface area contributed by atoms with Gasteiger partial charge >= 0.3 is 0 Å². The molecule has 0 heterocycles. The molecule has 2 N–H and O–H groups in total. The number of ether oxygens (including phenoxy) is 1. The minimum atomic E-state index is 0.168. The molecule has 0 saturated carbocycles. The van der Waals surface area contributed by atoms with Gasteiger partial charge in [0.25, 0.3) is 0 Å². The standard InChI is InChI=1S/C17H18Cl3NO2/c18-14-4-5-17(13(8-14)10-21-6-1-7-22)23-11-12-2-3-15(19)9-16(12)20/h2-5,8-9,21-22H,1,6-7,10-11H2. The van der Waals surface area contributed by atoms with Crippen LogP contribution in [0.3, 0.4) is 0 Å². The van der Waals surface area contributed by atoms with Gasteiger partial charge in [0.1, 0.15) is 12.4 Å². The molecular formula is C17H18Cl3NO2. The summed E-state index contributed by atoms with van der Waals surface area (Å²) in [6.45, 7) is 1.86. The molecule has 0 aromatic heterocycles. The van der Waals surface area contributed by atoms with Crippen LogP contribution in [0.1, 0.15) is 17.5 Å². The summed E-state index contributed by atoms with van der Waals surface area (Å²) in [7, 11) is 0. The summed E-state index contributed by atoms with van der Waals surface area (Å²) in [6, 6.07) is 10.8. The zero-order valence-corrected chi connectivity index (χ0v) is 14.8. The van der Waals surface area contributed by atoms with Crippen LogP contribution in [0.4, 0.5) is 0 Å². The third kappa shape index (κ3) is 5.87. The summed E-state index contributed by atoms with van der Waals surface area (Å²) in [5.41, 5.74) is 1.82. The van der Waals surface area contributed by atoms with Gasteiger partial charge in [-0.15, -0.1) is 0 Å². The monoisotopic (exact) mass is 373 g/mol. The number of benzene rings is 2. The largest absolute Gasteiger partial charge is 0.489 e. The van der Waals surface area contributed by atoms with Gasteiger partial charge in [0.2, 0.25) is 0 Å². The van der Waals surface area contributed by atoms with Crippen molar-refractivity contribution in [3.05, 3.63) is 62.6 Å². The average Bonchev–Trinajstić information content (AvgIpc) is 2.52. The van der Waals surface area contributed by atoms with Gasteiger partial charge in [-0.3, -0.25) is 0 Å². The van der Waals surface area contributed by atoms with E-state index in [1.54, 1.807) is 18.2 Å². The van der Waals surface area contributed by atoms with Gasteiger partial charge in [-0.2, -0.15) is 0 Å². The smallest absolute Gasteiger partial charge is 0.124 e. The molecule has 0 aliphatic carbocycles. The fraction of sp³-hybridized carbons (Fsp3) is 0.294. The van der Waals surface area contributed by atoms with Crippen LogP contribution in [-0.2, 0) is 13.2 Å². The van der Waals surface area contributed by atoms with Gasteiger partial charge in [-0.05, 0) is 43.3 Å². The number of hydrogen-bond donors (Lipinski definition) is 2. The van der Waals surface area contributed by atoms with E-state index in [2.05, 4.69) is 5.32 Å². The molecule has 0 fully saturated rings. The summed E-state index contributed by atoms with van der Waals surface area (Å²) in [6.07, 6.45) is 0.705. The Hall–Kier alpha value is -0.970. The highest BCUT2D eigenvalue weighted by molar-refractivity contribution is 6.35. The first-order valence-electron chi connectivity index (χ1n) is 7.27. The first-order valence-corrected chi connectivity index (χ1v) is 8.40. The van der Waals surface area contributed by atoms with E-state index in [1.807, 2.05) is 18.2 Å². The van der Waals surface area contributed by atoms with Gasteiger partial charge in [0.05, 0.1) is 0 Å². The zero-order chi connectivity index (χ0) is 16.7. The van der Waals surface area contributed by atoms with E-state index < -0.39 is 0 Å². The average molecular weight is 375 g/mol. The molecule has 0 aliphatic heterocycles. The van der Waals surface area contributed by atoms with Crippen LogP contribution in [-0.4, -0.2) is 18.3 Å². The highest BCUT2D eigenvalue weighted by Crippen LogP contribution is 2.26. The second-order valence-electron chi connectivity index (χ2n) is 5.03. The lowest BCUT2D eigenvalue weighted by atomic mass is 10.2. The first kappa shape index (κ1) is 18.4. The zero-order valence-electron chi connectivity index (χ0n) is 12.5. The Bertz CT molecular complexity index is 650. The topological polar surface area (TPSA) is 41.5 Å². The number of aliphatic hydroxyl groups excluding tert-OH is 1. The van der Waals surface area contributed by atoms with Crippen molar-refractivity contribution < 1.29 is 9.84 Å². The third-order valence-corrected chi connectivity index (χ3v) is 4.07. The van der Waals surface area contributed by atoms with E-state index in [1.165, 1.54) is 0 Å². The molecule has 0 unspecified atom stereocenters.